The zero-order chi connectivity index (χ0) is 13.3. The Morgan fingerprint density at radius 3 is 2.28 bits per heavy atom. The van der Waals surface area contributed by atoms with E-state index in [9.17, 15) is 18.0 Å². The van der Waals surface area contributed by atoms with Gasteiger partial charge in [-0.15, -0.1) is 0 Å². The molecular formula is C12H8F3NO2. The predicted molar refractivity (Wildman–Crippen MR) is 57.8 cm³/mol. The molecule has 6 heteroatoms. The lowest BCUT2D eigenvalue weighted by atomic mass is 10.2. The number of hydrogen-bond acceptors (Lipinski definition) is 2. The minimum Gasteiger partial charge on any atom is -0.508 e. The molecule has 0 aliphatic carbocycles. The number of carbonyl (C=O) groups excluding carboxylic acids is 1. The molecule has 0 saturated carbocycles. The molecule has 0 spiro atoms. The van der Waals surface area contributed by atoms with Crippen molar-refractivity contribution in [3.05, 3.63) is 48.3 Å². The molecule has 0 fully saturated rings. The zero-order valence-electron chi connectivity index (χ0n) is 8.98. The normalized spacial score (nSPS) is 11.5. The Kier molecular flexibility index (Phi) is 2.86. The van der Waals surface area contributed by atoms with Crippen LogP contribution in [0.2, 0.25) is 0 Å². The van der Waals surface area contributed by atoms with Gasteiger partial charge in [-0.3, -0.25) is 4.79 Å². The van der Waals surface area contributed by atoms with E-state index in [1.807, 2.05) is 0 Å². The minimum absolute atomic E-state index is 0.0532. The monoisotopic (exact) mass is 255 g/mol. The molecule has 0 bridgehead atoms. The number of hydrogen-bond donors (Lipinski definition) is 1. The van der Waals surface area contributed by atoms with Crippen LogP contribution in [-0.2, 0) is 0 Å². The van der Waals surface area contributed by atoms with Crippen molar-refractivity contribution in [1.29, 1.82) is 0 Å². The first-order chi connectivity index (χ1) is 8.38. The van der Waals surface area contributed by atoms with Crippen LogP contribution in [0.25, 0.3) is 5.69 Å². The second kappa shape index (κ2) is 4.21. The van der Waals surface area contributed by atoms with E-state index < -0.39 is 17.5 Å². The molecule has 0 aliphatic heterocycles. The number of Topliss-reactive ketones (excluding diaryl/α,β-unsaturated/α-hetero) is 1. The number of phenols is 1. The summed E-state index contributed by atoms with van der Waals surface area (Å²) >= 11 is 0. The van der Waals surface area contributed by atoms with Crippen LogP contribution in [0, 0.1) is 0 Å². The lowest BCUT2D eigenvalue weighted by molar-refractivity contribution is -0.0885. The molecule has 1 aromatic carbocycles. The van der Waals surface area contributed by atoms with Crippen LogP contribution in [0.3, 0.4) is 0 Å². The number of aromatic nitrogens is 1. The second-order valence-electron chi connectivity index (χ2n) is 3.65. The van der Waals surface area contributed by atoms with Gasteiger partial charge in [0, 0.05) is 23.6 Å². The van der Waals surface area contributed by atoms with Gasteiger partial charge in [0.05, 0.1) is 0 Å². The van der Waals surface area contributed by atoms with E-state index in [-0.39, 0.29) is 5.75 Å². The Balaban J connectivity index is 2.31. The SMILES string of the molecule is O=C(c1ccn(-c2ccc(O)cc2)c1)C(F)(F)F. The molecule has 0 saturated heterocycles. The van der Waals surface area contributed by atoms with Crippen molar-refractivity contribution in [3.63, 3.8) is 0 Å². The number of carbonyl (C=O) groups is 1. The van der Waals surface area contributed by atoms with Gasteiger partial charge in [-0.25, -0.2) is 0 Å². The Labute approximate surface area is 100 Å². The molecule has 1 aromatic heterocycles. The molecule has 3 nitrogen and oxygen atoms in total. The minimum atomic E-state index is -4.87. The first kappa shape index (κ1) is 12.2. The number of rotatable bonds is 2. The van der Waals surface area contributed by atoms with Crippen LogP contribution in [0.1, 0.15) is 10.4 Å². The fourth-order valence-corrected chi connectivity index (χ4v) is 1.48. The Bertz CT molecular complexity index is 570. The summed E-state index contributed by atoms with van der Waals surface area (Å²) in [6, 6.07) is 6.96. The maximum Gasteiger partial charge on any atom is 0.454 e. The van der Waals surface area contributed by atoms with Gasteiger partial charge in [0.1, 0.15) is 5.75 Å². The Morgan fingerprint density at radius 1 is 1.11 bits per heavy atom. The fourth-order valence-electron chi connectivity index (χ4n) is 1.48. The van der Waals surface area contributed by atoms with Crippen molar-refractivity contribution < 1.29 is 23.1 Å². The molecule has 2 aromatic rings. The first-order valence-corrected chi connectivity index (χ1v) is 4.97. The van der Waals surface area contributed by atoms with Crippen LogP contribution >= 0.6 is 0 Å². The topological polar surface area (TPSA) is 42.2 Å². The van der Waals surface area contributed by atoms with Gasteiger partial charge >= 0.3 is 6.18 Å². The fraction of sp³-hybridized carbons (Fsp3) is 0.0833. The molecule has 0 atom stereocenters. The van der Waals surface area contributed by atoms with Crippen molar-refractivity contribution in [3.8, 4) is 11.4 Å². The zero-order valence-corrected chi connectivity index (χ0v) is 8.98. The molecule has 94 valence electrons. The van der Waals surface area contributed by atoms with Crippen molar-refractivity contribution in [2.45, 2.75) is 6.18 Å². The van der Waals surface area contributed by atoms with Crippen LogP contribution in [0.5, 0.6) is 5.75 Å². The van der Waals surface area contributed by atoms with E-state index in [2.05, 4.69) is 0 Å². The molecular weight excluding hydrogens is 247 g/mol. The van der Waals surface area contributed by atoms with Gasteiger partial charge < -0.3 is 9.67 Å². The average molecular weight is 255 g/mol. The summed E-state index contributed by atoms with van der Waals surface area (Å²) in [5.74, 6) is -1.82. The van der Waals surface area contributed by atoms with Crippen LogP contribution in [-0.4, -0.2) is 21.6 Å². The first-order valence-electron chi connectivity index (χ1n) is 4.97. The summed E-state index contributed by atoms with van der Waals surface area (Å²) in [7, 11) is 0. The highest BCUT2D eigenvalue weighted by Gasteiger charge is 2.39. The number of benzene rings is 1. The predicted octanol–water partition coefficient (Wildman–Crippen LogP) is 2.93. The largest absolute Gasteiger partial charge is 0.508 e. The third-order valence-corrected chi connectivity index (χ3v) is 2.36. The molecule has 1 heterocycles. The number of ketones is 1. The molecule has 0 amide bonds. The molecule has 0 radical (unpaired) electrons. The van der Waals surface area contributed by atoms with Gasteiger partial charge in [0.2, 0.25) is 0 Å². The van der Waals surface area contributed by atoms with Crippen molar-refractivity contribution in [2.75, 3.05) is 0 Å². The molecule has 0 aliphatic rings. The van der Waals surface area contributed by atoms with Crippen molar-refractivity contribution in [1.82, 2.24) is 4.57 Å². The van der Waals surface area contributed by atoms with Gasteiger partial charge in [-0.2, -0.15) is 13.2 Å². The second-order valence-corrected chi connectivity index (χ2v) is 3.65. The Hall–Kier alpha value is -2.24. The van der Waals surface area contributed by atoms with E-state index in [1.165, 1.54) is 35.0 Å². The summed E-state index contributed by atoms with van der Waals surface area (Å²) in [6.45, 7) is 0. The smallest absolute Gasteiger partial charge is 0.454 e. The van der Waals surface area contributed by atoms with Gasteiger partial charge in [-0.1, -0.05) is 0 Å². The van der Waals surface area contributed by atoms with E-state index in [0.29, 0.717) is 5.69 Å². The van der Waals surface area contributed by atoms with E-state index in [1.54, 1.807) is 0 Å². The highest BCUT2D eigenvalue weighted by Crippen LogP contribution is 2.23. The van der Waals surface area contributed by atoms with Crippen LogP contribution < -0.4 is 0 Å². The average Bonchev–Trinajstić information content (AvgIpc) is 2.77. The molecule has 0 unspecified atom stereocenters. The van der Waals surface area contributed by atoms with Crippen LogP contribution in [0.4, 0.5) is 13.2 Å². The lowest BCUT2D eigenvalue weighted by Gasteiger charge is -2.03. The quantitative estimate of drug-likeness (QED) is 0.838. The highest BCUT2D eigenvalue weighted by atomic mass is 19.4. The summed E-state index contributed by atoms with van der Waals surface area (Å²) in [6.07, 6.45) is -2.42. The number of phenolic OH excluding ortho intramolecular Hbond substituents is 1. The third kappa shape index (κ3) is 2.37. The molecule has 1 N–H and O–H groups in total. The van der Waals surface area contributed by atoms with Gasteiger partial charge in [-0.05, 0) is 30.3 Å². The lowest BCUT2D eigenvalue weighted by Crippen LogP contribution is -2.22. The molecule has 18 heavy (non-hydrogen) atoms. The maximum absolute atomic E-state index is 12.2. The number of alkyl halides is 3. The number of aromatic hydroxyl groups is 1. The van der Waals surface area contributed by atoms with E-state index >= 15 is 0 Å². The third-order valence-electron chi connectivity index (χ3n) is 2.36. The van der Waals surface area contributed by atoms with Crippen molar-refractivity contribution in [2.24, 2.45) is 0 Å². The standard InChI is InChI=1S/C12H8F3NO2/c13-12(14,15)11(18)8-5-6-16(7-8)9-1-3-10(17)4-2-9/h1-7,17H. The van der Waals surface area contributed by atoms with Crippen LogP contribution in [0.15, 0.2) is 42.7 Å². The van der Waals surface area contributed by atoms with Gasteiger partial charge in [0.25, 0.3) is 5.78 Å². The summed E-state index contributed by atoms with van der Waals surface area (Å²) in [5, 5.41) is 9.09. The number of nitrogens with zero attached hydrogens (tertiary/aromatic N) is 1. The van der Waals surface area contributed by atoms with Gasteiger partial charge in [0.15, 0.2) is 0 Å². The number of halogens is 3. The molecule has 2 rings (SSSR count). The maximum atomic E-state index is 12.2. The highest BCUT2D eigenvalue weighted by molar-refractivity contribution is 6.00. The van der Waals surface area contributed by atoms with E-state index in [0.717, 1.165) is 12.3 Å². The summed E-state index contributed by atoms with van der Waals surface area (Å²) < 4.78 is 38.0. The summed E-state index contributed by atoms with van der Waals surface area (Å²) in [4.78, 5) is 11.0. The van der Waals surface area contributed by atoms with E-state index in [4.69, 9.17) is 5.11 Å². The van der Waals surface area contributed by atoms with Crippen molar-refractivity contribution >= 4 is 5.78 Å². The summed E-state index contributed by atoms with van der Waals surface area (Å²) in [5.41, 5.74) is 0.129. The Morgan fingerprint density at radius 2 is 1.72 bits per heavy atom.